The molecule has 0 saturated carbocycles. The maximum absolute atomic E-state index is 9.76. The van der Waals surface area contributed by atoms with Gasteiger partial charge in [-0.25, -0.2) is 0 Å². The molecule has 0 aliphatic heterocycles. The molecule has 0 aromatic carbocycles. The van der Waals surface area contributed by atoms with Crippen LogP contribution in [0.25, 0.3) is 0 Å². The lowest BCUT2D eigenvalue weighted by molar-refractivity contribution is 0.431. The van der Waals surface area contributed by atoms with Crippen LogP contribution in [-0.4, -0.2) is 14.9 Å². The molecule has 1 aromatic heterocycles. The predicted molar refractivity (Wildman–Crippen MR) is 62.2 cm³/mol. The molecule has 0 amide bonds. The standard InChI is InChI=1S/C12H22N2O/c1-4-7-10-11(8-5-2)14(9-6-3)13-12(10)15/h4-9H2,1-3H3,(H,13,15). The second-order valence-corrected chi connectivity index (χ2v) is 3.97. The molecule has 0 atom stereocenters. The van der Waals surface area contributed by atoms with Crippen molar-refractivity contribution in [2.24, 2.45) is 0 Å². The van der Waals surface area contributed by atoms with E-state index >= 15 is 0 Å². The second-order valence-electron chi connectivity index (χ2n) is 3.97. The van der Waals surface area contributed by atoms with Gasteiger partial charge in [-0.05, 0) is 19.3 Å². The summed E-state index contributed by atoms with van der Waals surface area (Å²) in [5.74, 6) is 0.244. The lowest BCUT2D eigenvalue weighted by Crippen LogP contribution is -2.05. The minimum Gasteiger partial charge on any atom is -0.492 e. The van der Waals surface area contributed by atoms with E-state index in [1.54, 1.807) is 0 Å². The summed E-state index contributed by atoms with van der Waals surface area (Å²) in [7, 11) is 0. The molecule has 1 heterocycles. The van der Waals surface area contributed by atoms with Crippen molar-refractivity contribution < 1.29 is 5.11 Å². The van der Waals surface area contributed by atoms with Crippen LogP contribution in [0.15, 0.2) is 0 Å². The quantitative estimate of drug-likeness (QED) is 0.784. The van der Waals surface area contributed by atoms with E-state index in [-0.39, 0.29) is 5.88 Å². The molecule has 0 fully saturated rings. The number of nitrogens with zero attached hydrogens (tertiary/aromatic N) is 2. The molecule has 1 rings (SSSR count). The molecule has 0 aliphatic carbocycles. The Labute approximate surface area is 92.1 Å². The van der Waals surface area contributed by atoms with Crippen molar-refractivity contribution in [2.45, 2.75) is 59.4 Å². The largest absolute Gasteiger partial charge is 0.492 e. The minimum atomic E-state index is 0.244. The monoisotopic (exact) mass is 210 g/mol. The van der Waals surface area contributed by atoms with Gasteiger partial charge in [0.15, 0.2) is 0 Å². The highest BCUT2D eigenvalue weighted by Crippen LogP contribution is 2.23. The SMILES string of the molecule is CCCc1c(O)nn(CCC)c1CCC. The molecule has 15 heavy (non-hydrogen) atoms. The Morgan fingerprint density at radius 1 is 1.07 bits per heavy atom. The Kier molecular flexibility index (Phi) is 4.66. The van der Waals surface area contributed by atoms with Crippen molar-refractivity contribution in [3.63, 3.8) is 0 Å². The summed E-state index contributed by atoms with van der Waals surface area (Å²) < 4.78 is 1.98. The Morgan fingerprint density at radius 2 is 1.73 bits per heavy atom. The number of aromatic hydroxyl groups is 1. The molecule has 86 valence electrons. The minimum absolute atomic E-state index is 0.244. The molecule has 0 spiro atoms. The zero-order chi connectivity index (χ0) is 11.3. The van der Waals surface area contributed by atoms with Gasteiger partial charge >= 0.3 is 0 Å². The van der Waals surface area contributed by atoms with E-state index in [1.165, 1.54) is 5.69 Å². The predicted octanol–water partition coefficient (Wildman–Crippen LogP) is 2.90. The fraction of sp³-hybridized carbons (Fsp3) is 0.750. The molecule has 0 saturated heterocycles. The van der Waals surface area contributed by atoms with Gasteiger partial charge in [0.05, 0.1) is 0 Å². The van der Waals surface area contributed by atoms with E-state index < -0.39 is 0 Å². The van der Waals surface area contributed by atoms with Gasteiger partial charge in [0.25, 0.3) is 0 Å². The topological polar surface area (TPSA) is 38.1 Å². The number of hydrogen-bond acceptors (Lipinski definition) is 2. The van der Waals surface area contributed by atoms with Gasteiger partial charge < -0.3 is 5.11 Å². The van der Waals surface area contributed by atoms with Gasteiger partial charge in [0.1, 0.15) is 0 Å². The summed E-state index contributed by atoms with van der Waals surface area (Å²) in [6, 6.07) is 0. The highest BCUT2D eigenvalue weighted by Gasteiger charge is 2.14. The third-order valence-electron chi connectivity index (χ3n) is 2.57. The van der Waals surface area contributed by atoms with E-state index in [0.717, 1.165) is 44.2 Å². The molecule has 0 radical (unpaired) electrons. The van der Waals surface area contributed by atoms with Gasteiger partial charge in [-0.3, -0.25) is 4.68 Å². The van der Waals surface area contributed by atoms with E-state index in [2.05, 4.69) is 25.9 Å². The van der Waals surface area contributed by atoms with Crippen LogP contribution >= 0.6 is 0 Å². The van der Waals surface area contributed by atoms with Crippen molar-refractivity contribution in [3.8, 4) is 5.88 Å². The van der Waals surface area contributed by atoms with E-state index in [4.69, 9.17) is 0 Å². The Morgan fingerprint density at radius 3 is 2.27 bits per heavy atom. The first kappa shape index (κ1) is 12.1. The first-order chi connectivity index (χ1) is 7.24. The van der Waals surface area contributed by atoms with Crippen LogP contribution in [0.2, 0.25) is 0 Å². The Hall–Kier alpha value is -0.990. The van der Waals surface area contributed by atoms with E-state index in [0.29, 0.717) is 0 Å². The third kappa shape index (κ3) is 2.74. The van der Waals surface area contributed by atoms with Crippen molar-refractivity contribution >= 4 is 0 Å². The van der Waals surface area contributed by atoms with Crippen LogP contribution in [-0.2, 0) is 19.4 Å². The maximum Gasteiger partial charge on any atom is 0.233 e. The average Bonchev–Trinajstić information content (AvgIpc) is 2.48. The van der Waals surface area contributed by atoms with Crippen LogP contribution in [0.4, 0.5) is 0 Å². The van der Waals surface area contributed by atoms with Crippen LogP contribution in [0.5, 0.6) is 5.88 Å². The first-order valence-corrected chi connectivity index (χ1v) is 6.02. The van der Waals surface area contributed by atoms with Gasteiger partial charge in [0.2, 0.25) is 5.88 Å². The zero-order valence-electron chi connectivity index (χ0n) is 10.1. The fourth-order valence-electron chi connectivity index (χ4n) is 1.94. The van der Waals surface area contributed by atoms with Crippen LogP contribution in [0, 0.1) is 0 Å². The molecule has 0 aliphatic rings. The van der Waals surface area contributed by atoms with Crippen molar-refractivity contribution in [3.05, 3.63) is 11.3 Å². The van der Waals surface area contributed by atoms with Gasteiger partial charge in [-0.15, -0.1) is 5.10 Å². The molecule has 3 heteroatoms. The van der Waals surface area contributed by atoms with Crippen molar-refractivity contribution in [1.29, 1.82) is 0 Å². The number of aryl methyl sites for hydroxylation is 1. The maximum atomic E-state index is 9.76. The van der Waals surface area contributed by atoms with E-state index in [1.807, 2.05) is 4.68 Å². The number of rotatable bonds is 6. The summed E-state index contributed by atoms with van der Waals surface area (Å²) in [5.41, 5.74) is 2.30. The third-order valence-corrected chi connectivity index (χ3v) is 2.57. The molecule has 0 unspecified atom stereocenters. The molecule has 1 N–H and O–H groups in total. The normalized spacial score (nSPS) is 10.9. The smallest absolute Gasteiger partial charge is 0.233 e. The van der Waals surface area contributed by atoms with E-state index in [9.17, 15) is 5.11 Å². The lowest BCUT2D eigenvalue weighted by Gasteiger charge is -2.06. The molecule has 0 bridgehead atoms. The Bertz CT molecular complexity index is 305. The zero-order valence-corrected chi connectivity index (χ0v) is 10.1. The average molecular weight is 210 g/mol. The summed E-state index contributed by atoms with van der Waals surface area (Å²) in [5, 5.41) is 14.0. The summed E-state index contributed by atoms with van der Waals surface area (Å²) >= 11 is 0. The molecule has 3 nitrogen and oxygen atoms in total. The highest BCUT2D eigenvalue weighted by molar-refractivity contribution is 5.30. The van der Waals surface area contributed by atoms with Crippen LogP contribution < -0.4 is 0 Å². The summed E-state index contributed by atoms with van der Waals surface area (Å²) in [4.78, 5) is 0. The van der Waals surface area contributed by atoms with Crippen molar-refractivity contribution in [2.75, 3.05) is 0 Å². The second kappa shape index (κ2) is 5.79. The molecule has 1 aromatic rings. The van der Waals surface area contributed by atoms with Crippen molar-refractivity contribution in [1.82, 2.24) is 9.78 Å². The van der Waals surface area contributed by atoms with Gasteiger partial charge in [-0.2, -0.15) is 0 Å². The number of aromatic nitrogens is 2. The first-order valence-electron chi connectivity index (χ1n) is 6.02. The number of hydrogen-bond donors (Lipinski definition) is 1. The summed E-state index contributed by atoms with van der Waals surface area (Å²) in [6.45, 7) is 7.34. The summed E-state index contributed by atoms with van der Waals surface area (Å²) in [6.07, 6.45) is 5.17. The lowest BCUT2D eigenvalue weighted by atomic mass is 10.1. The Balaban J connectivity index is 3.00. The van der Waals surface area contributed by atoms with Gasteiger partial charge in [0, 0.05) is 17.8 Å². The van der Waals surface area contributed by atoms with Gasteiger partial charge in [-0.1, -0.05) is 33.6 Å². The highest BCUT2D eigenvalue weighted by atomic mass is 16.3. The van der Waals surface area contributed by atoms with Crippen LogP contribution in [0.3, 0.4) is 0 Å². The fourth-order valence-corrected chi connectivity index (χ4v) is 1.94. The molecular weight excluding hydrogens is 188 g/mol. The van der Waals surface area contributed by atoms with Crippen LogP contribution in [0.1, 0.15) is 51.3 Å². The molecular formula is C12H22N2O.